The van der Waals surface area contributed by atoms with Gasteiger partial charge in [0.1, 0.15) is 10.6 Å². The molecule has 9 heteroatoms. The monoisotopic (exact) mass is 393 g/mol. The zero-order valence-corrected chi connectivity index (χ0v) is 17.1. The van der Waals surface area contributed by atoms with Gasteiger partial charge in [0, 0.05) is 26.2 Å². The summed E-state index contributed by atoms with van der Waals surface area (Å²) in [5.74, 6) is -0.0742. The van der Waals surface area contributed by atoms with Crippen molar-refractivity contribution < 1.29 is 17.9 Å². The molecule has 25 heavy (non-hydrogen) atoms. The number of nitrogens with one attached hydrogen (secondary N) is 1. The summed E-state index contributed by atoms with van der Waals surface area (Å²) in [5.41, 5.74) is 5.43. The van der Waals surface area contributed by atoms with Gasteiger partial charge in [0.15, 0.2) is 0 Å². The molecule has 0 bridgehead atoms. The first-order valence-electron chi connectivity index (χ1n) is 7.62. The van der Waals surface area contributed by atoms with Crippen LogP contribution in [0, 0.1) is 5.92 Å². The molecule has 0 saturated heterocycles. The van der Waals surface area contributed by atoms with Gasteiger partial charge < -0.3 is 15.8 Å². The van der Waals surface area contributed by atoms with Gasteiger partial charge in [0.05, 0.1) is 12.6 Å². The number of amides is 1. The number of halogens is 1. The number of rotatable bonds is 7. The molecule has 0 aliphatic heterocycles. The number of ether oxygens (including phenoxy) is 1. The van der Waals surface area contributed by atoms with Gasteiger partial charge in [0.25, 0.3) is 5.91 Å². The van der Waals surface area contributed by atoms with Gasteiger partial charge in [-0.15, -0.1) is 12.4 Å². The molecular weight excluding hydrogens is 366 g/mol. The summed E-state index contributed by atoms with van der Waals surface area (Å²) in [6.07, 6.45) is 0. The van der Waals surface area contributed by atoms with Crippen LogP contribution in [-0.4, -0.2) is 51.9 Å². The van der Waals surface area contributed by atoms with Crippen molar-refractivity contribution in [3.8, 4) is 5.75 Å². The molecule has 1 amide bonds. The third-order valence-corrected chi connectivity index (χ3v) is 6.12. The molecule has 0 aliphatic rings. The van der Waals surface area contributed by atoms with Crippen molar-refractivity contribution in [3.63, 3.8) is 0 Å². The third-order valence-electron chi connectivity index (χ3n) is 4.28. The summed E-state index contributed by atoms with van der Waals surface area (Å²) >= 11 is 0. The second-order valence-electron chi connectivity index (χ2n) is 6.38. The summed E-state index contributed by atoms with van der Waals surface area (Å²) < 4.78 is 31.1. The van der Waals surface area contributed by atoms with Gasteiger partial charge in [-0.1, -0.05) is 13.8 Å². The Labute approximate surface area is 156 Å². The summed E-state index contributed by atoms with van der Waals surface area (Å²) in [7, 11) is 0.490. The van der Waals surface area contributed by atoms with Crippen molar-refractivity contribution in [3.05, 3.63) is 23.8 Å². The number of methoxy groups -OCH3 is 1. The van der Waals surface area contributed by atoms with E-state index in [0.29, 0.717) is 0 Å². The maximum Gasteiger partial charge on any atom is 0.251 e. The second-order valence-corrected chi connectivity index (χ2v) is 8.50. The number of sulfonamides is 1. The summed E-state index contributed by atoms with van der Waals surface area (Å²) in [6, 6.07) is 4.32. The molecule has 0 aliphatic carbocycles. The van der Waals surface area contributed by atoms with Gasteiger partial charge in [-0.3, -0.25) is 4.79 Å². The van der Waals surface area contributed by atoms with E-state index in [0.717, 1.165) is 4.31 Å². The number of benzene rings is 1. The van der Waals surface area contributed by atoms with Gasteiger partial charge in [-0.2, -0.15) is 0 Å². The normalized spacial score (nSPS) is 14.0. The number of carbonyl (C=O) groups is 1. The maximum absolute atomic E-state index is 12.6. The molecule has 1 aromatic rings. The highest BCUT2D eigenvalue weighted by Crippen LogP contribution is 2.27. The lowest BCUT2D eigenvalue weighted by atomic mass is 9.88. The minimum Gasteiger partial charge on any atom is -0.495 e. The molecular formula is C16H28ClN3O4S. The Bertz CT molecular complexity index is 707. The minimum atomic E-state index is -3.74. The first-order chi connectivity index (χ1) is 11.0. The number of hydrogen-bond donors (Lipinski definition) is 2. The SMILES string of the molecule is COc1ccc(C(=O)NC(C)(CN)C(C)C)cc1S(=O)(=O)N(C)C.Cl. The molecule has 1 atom stereocenters. The van der Waals surface area contributed by atoms with E-state index in [1.54, 1.807) is 0 Å². The molecule has 7 nitrogen and oxygen atoms in total. The van der Waals surface area contributed by atoms with Crippen molar-refractivity contribution in [2.24, 2.45) is 11.7 Å². The quantitative estimate of drug-likeness (QED) is 0.730. The zero-order chi connectivity index (χ0) is 18.7. The second kappa shape index (κ2) is 8.84. The smallest absolute Gasteiger partial charge is 0.251 e. The fourth-order valence-electron chi connectivity index (χ4n) is 1.98. The van der Waals surface area contributed by atoms with Crippen LogP contribution in [0.1, 0.15) is 31.1 Å². The van der Waals surface area contributed by atoms with Crippen molar-refractivity contribution in [1.29, 1.82) is 0 Å². The van der Waals surface area contributed by atoms with E-state index in [4.69, 9.17) is 10.5 Å². The van der Waals surface area contributed by atoms with E-state index in [9.17, 15) is 13.2 Å². The fraction of sp³-hybridized carbons (Fsp3) is 0.562. The van der Waals surface area contributed by atoms with Crippen molar-refractivity contribution >= 4 is 28.3 Å². The van der Waals surface area contributed by atoms with Crippen molar-refractivity contribution in [2.45, 2.75) is 31.2 Å². The summed E-state index contributed by atoms with van der Waals surface area (Å²) in [6.45, 7) is 6.05. The van der Waals surface area contributed by atoms with Crippen LogP contribution < -0.4 is 15.8 Å². The molecule has 0 radical (unpaired) electrons. The Morgan fingerprint density at radius 2 is 1.92 bits per heavy atom. The molecule has 0 aromatic heterocycles. The molecule has 1 aromatic carbocycles. The lowest BCUT2D eigenvalue weighted by molar-refractivity contribution is 0.0883. The third kappa shape index (κ3) is 5.07. The summed E-state index contributed by atoms with van der Waals surface area (Å²) in [5, 5.41) is 2.89. The van der Waals surface area contributed by atoms with Gasteiger partial charge in [-0.05, 0) is 31.0 Å². The molecule has 0 heterocycles. The highest BCUT2D eigenvalue weighted by atomic mass is 35.5. The Kier molecular flexibility index (Phi) is 8.37. The van der Waals surface area contributed by atoms with Crippen molar-refractivity contribution in [1.82, 2.24) is 9.62 Å². The number of nitrogens with two attached hydrogens (primary N) is 1. The molecule has 0 spiro atoms. The predicted molar refractivity (Wildman–Crippen MR) is 101 cm³/mol. The molecule has 1 unspecified atom stereocenters. The molecule has 0 saturated carbocycles. The van der Waals surface area contributed by atoms with Gasteiger partial charge in [0.2, 0.25) is 10.0 Å². The van der Waals surface area contributed by atoms with Crippen molar-refractivity contribution in [2.75, 3.05) is 27.7 Å². The van der Waals surface area contributed by atoms with Gasteiger partial charge >= 0.3 is 0 Å². The topological polar surface area (TPSA) is 102 Å². The van der Waals surface area contributed by atoms with Crippen LogP contribution >= 0.6 is 12.4 Å². The van der Waals surface area contributed by atoms with Crippen LogP contribution in [0.4, 0.5) is 0 Å². The standard InChI is InChI=1S/C16H27N3O4S.ClH/c1-11(2)16(3,10-17)18-15(20)12-7-8-13(23-6)14(9-12)24(21,22)19(4)5;/h7-9,11H,10,17H2,1-6H3,(H,18,20);1H. The number of carbonyl (C=O) groups excluding carboxylic acids is 1. The van der Waals surface area contributed by atoms with Gasteiger partial charge in [-0.25, -0.2) is 12.7 Å². The van der Waals surface area contributed by atoms with Crippen LogP contribution in [0.3, 0.4) is 0 Å². The summed E-state index contributed by atoms with van der Waals surface area (Å²) in [4.78, 5) is 12.5. The van der Waals surface area contributed by atoms with Crippen LogP contribution in [0.2, 0.25) is 0 Å². The maximum atomic E-state index is 12.6. The number of nitrogens with zero attached hydrogens (tertiary/aromatic N) is 1. The Balaban J connectivity index is 0.00000576. The molecule has 0 fully saturated rings. The van der Waals surface area contributed by atoms with E-state index in [2.05, 4.69) is 5.32 Å². The molecule has 1 rings (SSSR count). The molecule has 144 valence electrons. The van der Waals surface area contributed by atoms with E-state index >= 15 is 0 Å². The van der Waals surface area contributed by atoms with Crippen LogP contribution in [0.15, 0.2) is 23.1 Å². The highest BCUT2D eigenvalue weighted by Gasteiger charge is 2.30. The Morgan fingerprint density at radius 3 is 2.32 bits per heavy atom. The number of hydrogen-bond acceptors (Lipinski definition) is 5. The molecule has 3 N–H and O–H groups in total. The lowest BCUT2D eigenvalue weighted by Gasteiger charge is -2.33. The van der Waals surface area contributed by atoms with E-state index in [-0.39, 0.29) is 47.0 Å². The highest BCUT2D eigenvalue weighted by molar-refractivity contribution is 7.89. The van der Waals surface area contributed by atoms with E-state index in [1.807, 2.05) is 20.8 Å². The minimum absolute atomic E-state index is 0. The Morgan fingerprint density at radius 1 is 1.36 bits per heavy atom. The largest absolute Gasteiger partial charge is 0.495 e. The van der Waals surface area contributed by atoms with Crippen LogP contribution in [-0.2, 0) is 10.0 Å². The lowest BCUT2D eigenvalue weighted by Crippen LogP contribution is -2.55. The average molecular weight is 394 g/mol. The van der Waals surface area contributed by atoms with E-state index < -0.39 is 15.6 Å². The van der Waals surface area contributed by atoms with E-state index in [1.165, 1.54) is 39.4 Å². The first kappa shape index (κ1) is 23.6. The van der Waals surface area contributed by atoms with Crippen LogP contribution in [0.25, 0.3) is 0 Å². The Hall–Kier alpha value is -1.35. The predicted octanol–water partition coefficient (Wildman–Crippen LogP) is 1.47. The fourth-order valence-corrected chi connectivity index (χ4v) is 3.05. The first-order valence-corrected chi connectivity index (χ1v) is 9.06. The average Bonchev–Trinajstić information content (AvgIpc) is 2.53. The zero-order valence-electron chi connectivity index (χ0n) is 15.5. The van der Waals surface area contributed by atoms with Crippen LogP contribution in [0.5, 0.6) is 5.75 Å².